The lowest BCUT2D eigenvalue weighted by molar-refractivity contribution is -0.136. The van der Waals surface area contributed by atoms with E-state index >= 15 is 0 Å². The molecule has 15 heavy (non-hydrogen) atoms. The van der Waals surface area contributed by atoms with Crippen molar-refractivity contribution < 1.29 is 14.3 Å². The minimum Gasteiger partial charge on any atom is -0.481 e. The topological polar surface area (TPSA) is 37.3 Å². The number of carboxylic acid groups (broad SMARTS) is 1. The van der Waals surface area contributed by atoms with Crippen LogP contribution < -0.4 is 0 Å². The SMILES string of the molecule is CSc1c(F)cc(CCC(=O)O)cc1Br. The molecule has 0 aliphatic carbocycles. The van der Waals surface area contributed by atoms with E-state index in [4.69, 9.17) is 5.11 Å². The van der Waals surface area contributed by atoms with Gasteiger partial charge in [0.2, 0.25) is 0 Å². The molecule has 82 valence electrons. The van der Waals surface area contributed by atoms with Gasteiger partial charge < -0.3 is 5.11 Å². The third kappa shape index (κ3) is 3.50. The van der Waals surface area contributed by atoms with Crippen LogP contribution in [0, 0.1) is 5.82 Å². The number of halogens is 2. The van der Waals surface area contributed by atoms with Crippen molar-refractivity contribution in [3.63, 3.8) is 0 Å². The summed E-state index contributed by atoms with van der Waals surface area (Å²) in [5, 5.41) is 8.50. The van der Waals surface area contributed by atoms with Gasteiger partial charge in [-0.05, 0) is 46.3 Å². The first kappa shape index (κ1) is 12.5. The average molecular weight is 293 g/mol. The zero-order valence-electron chi connectivity index (χ0n) is 8.09. The largest absolute Gasteiger partial charge is 0.481 e. The number of hydrogen-bond donors (Lipinski definition) is 1. The maximum atomic E-state index is 13.4. The Morgan fingerprint density at radius 3 is 2.73 bits per heavy atom. The molecule has 0 saturated heterocycles. The molecule has 1 aromatic rings. The Morgan fingerprint density at radius 1 is 1.60 bits per heavy atom. The van der Waals surface area contributed by atoms with E-state index in [9.17, 15) is 9.18 Å². The van der Waals surface area contributed by atoms with Gasteiger partial charge in [0.15, 0.2) is 0 Å². The molecule has 0 heterocycles. The first-order valence-corrected chi connectivity index (χ1v) is 6.30. The highest BCUT2D eigenvalue weighted by atomic mass is 79.9. The van der Waals surface area contributed by atoms with Crippen LogP contribution in [0.25, 0.3) is 0 Å². The van der Waals surface area contributed by atoms with E-state index in [-0.39, 0.29) is 12.2 Å². The van der Waals surface area contributed by atoms with Crippen LogP contribution in [0.5, 0.6) is 0 Å². The molecule has 0 aromatic heterocycles. The second-order valence-corrected chi connectivity index (χ2v) is 4.66. The average Bonchev–Trinajstić information content (AvgIpc) is 2.14. The molecule has 0 aliphatic heterocycles. The third-order valence-electron chi connectivity index (χ3n) is 1.89. The molecule has 0 saturated carbocycles. The molecule has 2 nitrogen and oxygen atoms in total. The van der Waals surface area contributed by atoms with Crippen molar-refractivity contribution in [3.05, 3.63) is 28.0 Å². The highest BCUT2D eigenvalue weighted by Crippen LogP contribution is 2.30. The monoisotopic (exact) mass is 292 g/mol. The number of hydrogen-bond acceptors (Lipinski definition) is 2. The predicted molar refractivity (Wildman–Crippen MR) is 61.8 cm³/mol. The fraction of sp³-hybridized carbons (Fsp3) is 0.300. The third-order valence-corrected chi connectivity index (χ3v) is 3.60. The Labute approximate surface area is 100 Å². The fourth-order valence-corrected chi connectivity index (χ4v) is 2.68. The number of aliphatic carboxylic acids is 1. The van der Waals surface area contributed by atoms with Gasteiger partial charge in [0.1, 0.15) is 5.82 Å². The van der Waals surface area contributed by atoms with E-state index in [1.165, 1.54) is 17.8 Å². The number of carbonyl (C=O) groups is 1. The molecular formula is C10H10BrFO2S. The van der Waals surface area contributed by atoms with Gasteiger partial charge in [0, 0.05) is 10.9 Å². The van der Waals surface area contributed by atoms with Gasteiger partial charge in [-0.3, -0.25) is 4.79 Å². The van der Waals surface area contributed by atoms with Gasteiger partial charge in [0.25, 0.3) is 0 Å². The smallest absolute Gasteiger partial charge is 0.303 e. The summed E-state index contributed by atoms with van der Waals surface area (Å²) in [6.07, 6.45) is 2.16. The maximum Gasteiger partial charge on any atom is 0.303 e. The summed E-state index contributed by atoms with van der Waals surface area (Å²) in [7, 11) is 0. The quantitative estimate of drug-likeness (QED) is 0.865. The molecule has 0 bridgehead atoms. The Kier molecular flexibility index (Phi) is 4.60. The minimum absolute atomic E-state index is 0.0183. The molecule has 1 aromatic carbocycles. The molecule has 0 aliphatic rings. The van der Waals surface area contributed by atoms with Gasteiger partial charge >= 0.3 is 5.97 Å². The Morgan fingerprint density at radius 2 is 2.27 bits per heavy atom. The van der Waals surface area contributed by atoms with Crippen LogP contribution in [0.3, 0.4) is 0 Å². The van der Waals surface area contributed by atoms with Crippen LogP contribution in [-0.2, 0) is 11.2 Å². The van der Waals surface area contributed by atoms with Gasteiger partial charge in [0.05, 0.1) is 4.90 Å². The van der Waals surface area contributed by atoms with Crippen molar-refractivity contribution in [2.45, 2.75) is 17.7 Å². The normalized spacial score (nSPS) is 10.3. The lowest BCUT2D eigenvalue weighted by Crippen LogP contribution is -1.98. The van der Waals surface area contributed by atoms with E-state index < -0.39 is 5.97 Å². The van der Waals surface area contributed by atoms with Crippen molar-refractivity contribution in [3.8, 4) is 0 Å². The number of aryl methyl sites for hydroxylation is 1. The highest BCUT2D eigenvalue weighted by Gasteiger charge is 2.09. The van der Waals surface area contributed by atoms with Crippen LogP contribution >= 0.6 is 27.7 Å². The lowest BCUT2D eigenvalue weighted by Gasteiger charge is -2.06. The van der Waals surface area contributed by atoms with Gasteiger partial charge in [-0.1, -0.05) is 0 Å². The molecule has 0 spiro atoms. The van der Waals surface area contributed by atoms with Crippen molar-refractivity contribution in [2.75, 3.05) is 6.26 Å². The number of benzene rings is 1. The standard InChI is InChI=1S/C10H10BrFO2S/c1-15-10-7(11)4-6(5-8(10)12)2-3-9(13)14/h4-5H,2-3H2,1H3,(H,13,14). The first-order valence-electron chi connectivity index (χ1n) is 4.28. The minimum atomic E-state index is -0.875. The molecule has 0 amide bonds. The zero-order valence-corrected chi connectivity index (χ0v) is 10.5. The van der Waals surface area contributed by atoms with Gasteiger partial charge in [-0.15, -0.1) is 11.8 Å². The second-order valence-electron chi connectivity index (χ2n) is 2.99. The first-order chi connectivity index (χ1) is 7.04. The summed E-state index contributed by atoms with van der Waals surface area (Å²) in [6.45, 7) is 0. The molecule has 0 fully saturated rings. The predicted octanol–water partition coefficient (Wildman–Crippen LogP) is 3.33. The van der Waals surface area contributed by atoms with Crippen LogP contribution in [0.15, 0.2) is 21.5 Å². The van der Waals surface area contributed by atoms with E-state index in [2.05, 4.69) is 15.9 Å². The molecule has 1 N–H and O–H groups in total. The van der Waals surface area contributed by atoms with E-state index in [0.717, 1.165) is 0 Å². The van der Waals surface area contributed by atoms with Crippen molar-refractivity contribution in [1.29, 1.82) is 0 Å². The fourth-order valence-electron chi connectivity index (χ4n) is 1.20. The van der Waals surface area contributed by atoms with Crippen LogP contribution in [0.4, 0.5) is 4.39 Å². The molecular weight excluding hydrogens is 283 g/mol. The Bertz CT molecular complexity index is 359. The lowest BCUT2D eigenvalue weighted by atomic mass is 10.1. The van der Waals surface area contributed by atoms with Gasteiger partial charge in [-0.25, -0.2) is 4.39 Å². The number of thioether (sulfide) groups is 1. The number of rotatable bonds is 4. The maximum absolute atomic E-state index is 13.4. The summed E-state index contributed by atoms with van der Waals surface area (Å²) in [5.74, 6) is -1.18. The molecule has 1 rings (SSSR count). The van der Waals surface area contributed by atoms with E-state index in [1.54, 1.807) is 12.3 Å². The summed E-state index contributed by atoms with van der Waals surface area (Å²) in [5.41, 5.74) is 0.694. The number of carboxylic acids is 1. The summed E-state index contributed by atoms with van der Waals surface area (Å²) in [6, 6.07) is 3.15. The van der Waals surface area contributed by atoms with Crippen LogP contribution in [0.1, 0.15) is 12.0 Å². The second kappa shape index (κ2) is 5.51. The molecule has 0 atom stereocenters. The molecule has 5 heteroatoms. The van der Waals surface area contributed by atoms with Crippen molar-refractivity contribution in [2.24, 2.45) is 0 Å². The zero-order chi connectivity index (χ0) is 11.4. The molecule has 0 radical (unpaired) electrons. The summed E-state index contributed by atoms with van der Waals surface area (Å²) >= 11 is 4.57. The summed E-state index contributed by atoms with van der Waals surface area (Å²) in [4.78, 5) is 10.9. The summed E-state index contributed by atoms with van der Waals surface area (Å²) < 4.78 is 14.1. The Hall–Kier alpha value is -0.550. The van der Waals surface area contributed by atoms with E-state index in [1.807, 2.05) is 0 Å². The van der Waals surface area contributed by atoms with Gasteiger partial charge in [-0.2, -0.15) is 0 Å². The van der Waals surface area contributed by atoms with Crippen molar-refractivity contribution >= 4 is 33.7 Å². The van der Waals surface area contributed by atoms with Crippen molar-refractivity contribution in [1.82, 2.24) is 0 Å². The Balaban J connectivity index is 2.88. The molecule has 0 unspecified atom stereocenters. The van der Waals surface area contributed by atoms with E-state index in [0.29, 0.717) is 21.4 Å². The van der Waals surface area contributed by atoms with Crippen LogP contribution in [-0.4, -0.2) is 17.3 Å². The highest BCUT2D eigenvalue weighted by molar-refractivity contribution is 9.10. The van der Waals surface area contributed by atoms with Crippen LogP contribution in [0.2, 0.25) is 0 Å².